The maximum absolute atomic E-state index is 12.4. The van der Waals surface area contributed by atoms with E-state index in [0.29, 0.717) is 17.3 Å². The van der Waals surface area contributed by atoms with Crippen LogP contribution in [0.5, 0.6) is 0 Å². The Morgan fingerprint density at radius 2 is 2.11 bits per heavy atom. The fraction of sp³-hybridized carbons (Fsp3) is 0.381. The first-order valence-electron chi connectivity index (χ1n) is 9.36. The number of hydrogen-bond acceptors (Lipinski definition) is 6. The highest BCUT2D eigenvalue weighted by Crippen LogP contribution is 2.32. The average molecular weight is 415 g/mol. The van der Waals surface area contributed by atoms with Gasteiger partial charge < -0.3 is 9.64 Å². The minimum Gasteiger partial charge on any atom is -0.451 e. The largest absolute Gasteiger partial charge is 0.451 e. The second-order valence-corrected chi connectivity index (χ2v) is 9.56. The number of likely N-dealkylation sites (N-methyl/N-ethyl adjacent to an activating group) is 1. The summed E-state index contributed by atoms with van der Waals surface area (Å²) in [7, 11) is 1.70. The van der Waals surface area contributed by atoms with Gasteiger partial charge in [0.05, 0.1) is 16.8 Å². The van der Waals surface area contributed by atoms with E-state index in [1.54, 1.807) is 23.3 Å². The molecule has 1 atom stereocenters. The number of thiophene rings is 1. The van der Waals surface area contributed by atoms with Gasteiger partial charge in [-0.2, -0.15) is 0 Å². The van der Waals surface area contributed by atoms with Gasteiger partial charge in [0.25, 0.3) is 5.91 Å². The third-order valence-electron chi connectivity index (χ3n) is 4.99. The smallest absolute Gasteiger partial charge is 0.348 e. The summed E-state index contributed by atoms with van der Waals surface area (Å²) in [4.78, 5) is 32.7. The molecule has 146 valence electrons. The Bertz CT molecular complexity index is 991. The number of rotatable bonds is 5. The topological polar surface area (TPSA) is 59.5 Å². The van der Waals surface area contributed by atoms with E-state index in [1.165, 1.54) is 21.8 Å². The molecule has 1 amide bonds. The Balaban J connectivity index is 1.32. The van der Waals surface area contributed by atoms with Crippen LogP contribution in [0.25, 0.3) is 10.2 Å². The van der Waals surface area contributed by atoms with E-state index < -0.39 is 5.97 Å². The van der Waals surface area contributed by atoms with E-state index in [1.807, 2.05) is 30.3 Å². The fourth-order valence-corrected chi connectivity index (χ4v) is 5.52. The molecule has 28 heavy (non-hydrogen) atoms. The molecule has 0 unspecified atom stereocenters. The standard InChI is InChI=1S/C21H22N2O3S2/c1-13-7-8-16-14(9-13)10-18(27-16)21(25)26-12-20(24)23(2)11-19-22-15-5-3-4-6-17(15)28-19/h3-6,10,13H,7-9,11-12H2,1-2H3/t13-/m1/s1. The van der Waals surface area contributed by atoms with Gasteiger partial charge in [-0.3, -0.25) is 4.79 Å². The third-order valence-corrected chi connectivity index (χ3v) is 7.23. The monoisotopic (exact) mass is 414 g/mol. The van der Waals surface area contributed by atoms with Gasteiger partial charge in [0.1, 0.15) is 9.88 Å². The Morgan fingerprint density at radius 1 is 1.29 bits per heavy atom. The van der Waals surface area contributed by atoms with Crippen LogP contribution in [0.15, 0.2) is 30.3 Å². The highest BCUT2D eigenvalue weighted by molar-refractivity contribution is 7.18. The summed E-state index contributed by atoms with van der Waals surface area (Å²) in [5, 5.41) is 0.864. The molecular weight excluding hydrogens is 392 g/mol. The summed E-state index contributed by atoms with van der Waals surface area (Å²) in [6, 6.07) is 9.83. The second kappa shape index (κ2) is 8.01. The van der Waals surface area contributed by atoms with Crippen LogP contribution in [-0.2, 0) is 28.9 Å². The zero-order valence-corrected chi connectivity index (χ0v) is 17.6. The molecule has 2 aromatic heterocycles. The molecular formula is C21H22N2O3S2. The Labute approximate surface area is 172 Å². The average Bonchev–Trinajstić information content (AvgIpc) is 3.28. The first kappa shape index (κ1) is 19.1. The summed E-state index contributed by atoms with van der Waals surface area (Å²) in [5.41, 5.74) is 2.20. The summed E-state index contributed by atoms with van der Waals surface area (Å²) in [6.07, 6.45) is 3.21. The van der Waals surface area contributed by atoms with Crippen molar-refractivity contribution in [3.63, 3.8) is 0 Å². The number of aromatic nitrogens is 1. The molecule has 4 rings (SSSR count). The lowest BCUT2D eigenvalue weighted by molar-refractivity contribution is -0.133. The summed E-state index contributed by atoms with van der Waals surface area (Å²) in [6.45, 7) is 2.39. The van der Waals surface area contributed by atoms with Crippen LogP contribution >= 0.6 is 22.7 Å². The Kier molecular flexibility index (Phi) is 5.46. The number of carbonyl (C=O) groups excluding carboxylic acids is 2. The Hall–Kier alpha value is -2.25. The van der Waals surface area contributed by atoms with Crippen molar-refractivity contribution in [2.45, 2.75) is 32.7 Å². The number of esters is 1. The molecule has 0 fully saturated rings. The minimum atomic E-state index is -0.409. The van der Waals surface area contributed by atoms with Crippen LogP contribution in [0.2, 0.25) is 0 Å². The lowest BCUT2D eigenvalue weighted by Gasteiger charge is -2.16. The maximum Gasteiger partial charge on any atom is 0.348 e. The van der Waals surface area contributed by atoms with E-state index in [0.717, 1.165) is 34.5 Å². The maximum atomic E-state index is 12.4. The van der Waals surface area contributed by atoms with Gasteiger partial charge in [-0.1, -0.05) is 19.1 Å². The number of fused-ring (bicyclic) bond motifs is 2. The molecule has 7 heteroatoms. The van der Waals surface area contributed by atoms with Gasteiger partial charge in [0.15, 0.2) is 6.61 Å². The molecule has 1 aliphatic carbocycles. The van der Waals surface area contributed by atoms with Gasteiger partial charge >= 0.3 is 5.97 Å². The molecule has 2 heterocycles. The van der Waals surface area contributed by atoms with Crippen molar-refractivity contribution >= 4 is 44.8 Å². The van der Waals surface area contributed by atoms with Crippen LogP contribution in [0, 0.1) is 5.92 Å². The highest BCUT2D eigenvalue weighted by atomic mass is 32.1. The number of para-hydroxylation sites is 1. The zero-order chi connectivity index (χ0) is 19.7. The van der Waals surface area contributed by atoms with E-state index >= 15 is 0 Å². The van der Waals surface area contributed by atoms with Crippen LogP contribution in [0.4, 0.5) is 0 Å². The van der Waals surface area contributed by atoms with E-state index in [-0.39, 0.29) is 12.5 Å². The number of amides is 1. The SMILES string of the molecule is C[C@@H]1CCc2sc(C(=O)OCC(=O)N(C)Cc3nc4ccccc4s3)cc2C1. The molecule has 0 bridgehead atoms. The van der Waals surface area contributed by atoms with Crippen LogP contribution in [0.1, 0.15) is 38.5 Å². The highest BCUT2D eigenvalue weighted by Gasteiger charge is 2.22. The normalized spacial score (nSPS) is 16.0. The van der Waals surface area contributed by atoms with Crippen molar-refractivity contribution in [2.75, 3.05) is 13.7 Å². The summed E-state index contributed by atoms with van der Waals surface area (Å²) < 4.78 is 6.37. The molecule has 0 saturated heterocycles. The molecule has 0 aliphatic heterocycles. The number of aryl methyl sites for hydroxylation is 1. The second-order valence-electron chi connectivity index (χ2n) is 7.31. The quantitative estimate of drug-likeness (QED) is 0.584. The predicted molar refractivity (Wildman–Crippen MR) is 112 cm³/mol. The number of nitrogens with zero attached hydrogens (tertiary/aromatic N) is 2. The Morgan fingerprint density at radius 3 is 2.93 bits per heavy atom. The third kappa shape index (κ3) is 4.10. The number of thiazole rings is 1. The first-order chi connectivity index (χ1) is 13.5. The predicted octanol–water partition coefficient (Wildman–Crippen LogP) is 4.30. The van der Waals surface area contributed by atoms with Crippen molar-refractivity contribution < 1.29 is 14.3 Å². The lowest BCUT2D eigenvalue weighted by atomic mass is 9.90. The van der Waals surface area contributed by atoms with Crippen molar-refractivity contribution in [3.8, 4) is 0 Å². The van der Waals surface area contributed by atoms with Crippen molar-refractivity contribution in [3.05, 3.63) is 50.7 Å². The minimum absolute atomic E-state index is 0.234. The lowest BCUT2D eigenvalue weighted by Crippen LogP contribution is -2.30. The van der Waals surface area contributed by atoms with Gasteiger partial charge in [-0.25, -0.2) is 9.78 Å². The van der Waals surface area contributed by atoms with Gasteiger partial charge in [-0.15, -0.1) is 22.7 Å². The molecule has 3 aromatic rings. The van der Waals surface area contributed by atoms with Crippen LogP contribution < -0.4 is 0 Å². The van der Waals surface area contributed by atoms with E-state index in [4.69, 9.17) is 4.74 Å². The first-order valence-corrected chi connectivity index (χ1v) is 11.0. The number of ether oxygens (including phenoxy) is 1. The number of hydrogen-bond donors (Lipinski definition) is 0. The zero-order valence-electron chi connectivity index (χ0n) is 15.9. The van der Waals surface area contributed by atoms with Crippen LogP contribution in [-0.4, -0.2) is 35.4 Å². The van der Waals surface area contributed by atoms with Gasteiger partial charge in [-0.05, 0) is 48.9 Å². The number of carbonyl (C=O) groups is 2. The van der Waals surface area contributed by atoms with E-state index in [9.17, 15) is 9.59 Å². The molecule has 1 aliphatic rings. The van der Waals surface area contributed by atoms with Crippen molar-refractivity contribution in [2.24, 2.45) is 5.92 Å². The molecule has 0 radical (unpaired) electrons. The summed E-state index contributed by atoms with van der Waals surface area (Å²) in [5.74, 6) is 0.0139. The van der Waals surface area contributed by atoms with Gasteiger partial charge in [0.2, 0.25) is 0 Å². The summed E-state index contributed by atoms with van der Waals surface area (Å²) >= 11 is 3.07. The molecule has 0 N–H and O–H groups in total. The van der Waals surface area contributed by atoms with Crippen molar-refractivity contribution in [1.29, 1.82) is 0 Å². The van der Waals surface area contributed by atoms with Crippen LogP contribution in [0.3, 0.4) is 0 Å². The molecule has 1 aromatic carbocycles. The molecule has 0 spiro atoms. The fourth-order valence-electron chi connectivity index (χ4n) is 3.39. The van der Waals surface area contributed by atoms with E-state index in [2.05, 4.69) is 11.9 Å². The molecule has 0 saturated carbocycles. The molecule has 5 nitrogen and oxygen atoms in total. The number of benzene rings is 1. The van der Waals surface area contributed by atoms with Gasteiger partial charge in [0, 0.05) is 11.9 Å². The van der Waals surface area contributed by atoms with Crippen molar-refractivity contribution in [1.82, 2.24) is 9.88 Å².